The molecular formula is C9H12ClF3N2. The highest BCUT2D eigenvalue weighted by atomic mass is 35.5. The summed E-state index contributed by atoms with van der Waals surface area (Å²) in [5.74, 6) is 0. The lowest BCUT2D eigenvalue weighted by Gasteiger charge is -2.12. The zero-order valence-corrected chi connectivity index (χ0v) is 8.82. The van der Waals surface area contributed by atoms with Crippen LogP contribution in [0.2, 0.25) is 0 Å². The summed E-state index contributed by atoms with van der Waals surface area (Å²) >= 11 is 0. The third-order valence-corrected chi connectivity index (χ3v) is 1.83. The second-order valence-electron chi connectivity index (χ2n) is 3.17. The smallest absolute Gasteiger partial charge is 0.399 e. The normalized spacial score (nSPS) is 13.1. The van der Waals surface area contributed by atoms with Gasteiger partial charge < -0.3 is 11.5 Å². The van der Waals surface area contributed by atoms with Gasteiger partial charge in [-0.25, -0.2) is 0 Å². The molecule has 15 heavy (non-hydrogen) atoms. The number of hydrogen-bond acceptors (Lipinski definition) is 2. The van der Waals surface area contributed by atoms with E-state index in [1.165, 1.54) is 6.07 Å². The molecule has 0 fully saturated rings. The number of nitrogen functional groups attached to an aromatic ring is 1. The van der Waals surface area contributed by atoms with Crippen molar-refractivity contribution in [2.45, 2.75) is 19.1 Å². The van der Waals surface area contributed by atoms with Crippen LogP contribution in [-0.4, -0.2) is 0 Å². The summed E-state index contributed by atoms with van der Waals surface area (Å²) in [6.07, 6.45) is -4.38. The molecule has 0 unspecified atom stereocenters. The van der Waals surface area contributed by atoms with E-state index in [2.05, 4.69) is 0 Å². The first kappa shape index (κ1) is 14.1. The number of hydrogen-bond donors (Lipinski definition) is 2. The molecule has 2 nitrogen and oxygen atoms in total. The van der Waals surface area contributed by atoms with E-state index in [1.807, 2.05) is 0 Å². The third-order valence-electron chi connectivity index (χ3n) is 1.83. The monoisotopic (exact) mass is 240 g/mol. The lowest BCUT2D eigenvalue weighted by molar-refractivity contribution is -0.137. The Morgan fingerprint density at radius 1 is 1.20 bits per heavy atom. The van der Waals surface area contributed by atoms with Gasteiger partial charge in [-0.2, -0.15) is 13.2 Å². The average Bonchev–Trinajstić information content (AvgIpc) is 2.01. The Kier molecular flexibility index (Phi) is 4.42. The van der Waals surface area contributed by atoms with E-state index < -0.39 is 17.8 Å². The molecule has 1 aromatic carbocycles. The second kappa shape index (κ2) is 4.72. The first-order valence-corrected chi connectivity index (χ1v) is 4.04. The molecule has 0 heterocycles. The predicted molar refractivity (Wildman–Crippen MR) is 55.7 cm³/mol. The molecule has 0 aliphatic carbocycles. The van der Waals surface area contributed by atoms with Gasteiger partial charge in [-0.15, -0.1) is 12.4 Å². The Morgan fingerprint density at radius 2 is 1.73 bits per heavy atom. The van der Waals surface area contributed by atoms with Crippen molar-refractivity contribution >= 4 is 18.1 Å². The molecule has 0 saturated heterocycles. The summed E-state index contributed by atoms with van der Waals surface area (Å²) in [5.41, 5.74) is 10.5. The molecule has 0 spiro atoms. The predicted octanol–water partition coefficient (Wildman–Crippen LogP) is 2.73. The molecule has 0 aromatic heterocycles. The molecule has 0 aliphatic heterocycles. The van der Waals surface area contributed by atoms with Crippen LogP contribution in [0.4, 0.5) is 18.9 Å². The van der Waals surface area contributed by atoms with Gasteiger partial charge >= 0.3 is 6.18 Å². The van der Waals surface area contributed by atoms with Crippen molar-refractivity contribution in [1.29, 1.82) is 0 Å². The number of rotatable bonds is 1. The average molecular weight is 241 g/mol. The van der Waals surface area contributed by atoms with Crippen LogP contribution in [0.15, 0.2) is 18.2 Å². The maximum absolute atomic E-state index is 12.3. The maximum atomic E-state index is 12.3. The van der Waals surface area contributed by atoms with Crippen molar-refractivity contribution in [2.75, 3.05) is 5.73 Å². The van der Waals surface area contributed by atoms with E-state index in [1.54, 1.807) is 6.92 Å². The summed E-state index contributed by atoms with van der Waals surface area (Å²) in [6.45, 7) is 1.61. The van der Waals surface area contributed by atoms with Crippen LogP contribution in [0.1, 0.15) is 24.1 Å². The molecule has 0 radical (unpaired) electrons. The van der Waals surface area contributed by atoms with Gasteiger partial charge in [0.05, 0.1) is 5.56 Å². The van der Waals surface area contributed by atoms with Crippen molar-refractivity contribution in [1.82, 2.24) is 0 Å². The molecule has 0 saturated carbocycles. The Morgan fingerprint density at radius 3 is 2.13 bits per heavy atom. The van der Waals surface area contributed by atoms with E-state index in [-0.39, 0.29) is 18.1 Å². The molecule has 1 aromatic rings. The lowest BCUT2D eigenvalue weighted by atomic mass is 10.0. The largest absolute Gasteiger partial charge is 0.416 e. The minimum Gasteiger partial charge on any atom is -0.399 e. The SMILES string of the molecule is C[C@@H](N)c1cc(N)cc(C(F)(F)F)c1.Cl. The second-order valence-corrected chi connectivity index (χ2v) is 3.17. The van der Waals surface area contributed by atoms with Gasteiger partial charge in [0, 0.05) is 11.7 Å². The number of nitrogens with two attached hydrogens (primary N) is 2. The third kappa shape index (κ3) is 3.60. The van der Waals surface area contributed by atoms with Gasteiger partial charge in [0.25, 0.3) is 0 Å². The van der Waals surface area contributed by atoms with Gasteiger partial charge in [-0.05, 0) is 30.7 Å². The van der Waals surface area contributed by atoms with Crippen molar-refractivity contribution in [2.24, 2.45) is 5.73 Å². The zero-order valence-electron chi connectivity index (χ0n) is 8.01. The van der Waals surface area contributed by atoms with Gasteiger partial charge in [0.1, 0.15) is 0 Å². The van der Waals surface area contributed by atoms with Crippen LogP contribution < -0.4 is 11.5 Å². The Labute approximate surface area is 91.9 Å². The molecular weight excluding hydrogens is 229 g/mol. The van der Waals surface area contributed by atoms with Gasteiger partial charge in [-0.3, -0.25) is 0 Å². The molecule has 0 amide bonds. The Balaban J connectivity index is 0.00000196. The van der Waals surface area contributed by atoms with E-state index in [4.69, 9.17) is 11.5 Å². The molecule has 0 bridgehead atoms. The van der Waals surface area contributed by atoms with Crippen LogP contribution in [0.3, 0.4) is 0 Å². The van der Waals surface area contributed by atoms with Crippen LogP contribution in [0.25, 0.3) is 0 Å². The highest BCUT2D eigenvalue weighted by Crippen LogP contribution is 2.32. The van der Waals surface area contributed by atoms with E-state index in [0.29, 0.717) is 5.56 Å². The standard InChI is InChI=1S/C9H11F3N2.ClH/c1-5(13)6-2-7(9(10,11)12)4-8(14)3-6;/h2-5H,13-14H2,1H3;1H/t5-;/m1./s1. The maximum Gasteiger partial charge on any atom is 0.416 e. The fourth-order valence-electron chi connectivity index (χ4n) is 1.10. The van der Waals surface area contributed by atoms with E-state index >= 15 is 0 Å². The van der Waals surface area contributed by atoms with Gasteiger partial charge in [0.15, 0.2) is 0 Å². The molecule has 0 aliphatic rings. The van der Waals surface area contributed by atoms with Crippen LogP contribution in [0, 0.1) is 0 Å². The molecule has 6 heteroatoms. The highest BCUT2D eigenvalue weighted by molar-refractivity contribution is 5.85. The number of benzene rings is 1. The summed E-state index contributed by atoms with van der Waals surface area (Å²) in [4.78, 5) is 0. The lowest BCUT2D eigenvalue weighted by Crippen LogP contribution is -2.10. The summed E-state index contributed by atoms with van der Waals surface area (Å²) in [6, 6.07) is 2.90. The fraction of sp³-hybridized carbons (Fsp3) is 0.333. The van der Waals surface area contributed by atoms with Crippen molar-refractivity contribution in [3.05, 3.63) is 29.3 Å². The van der Waals surface area contributed by atoms with Crippen molar-refractivity contribution in [3.8, 4) is 0 Å². The summed E-state index contributed by atoms with van der Waals surface area (Å²) < 4.78 is 36.9. The first-order valence-electron chi connectivity index (χ1n) is 4.04. The van der Waals surface area contributed by atoms with Crippen molar-refractivity contribution in [3.63, 3.8) is 0 Å². The highest BCUT2D eigenvalue weighted by Gasteiger charge is 2.31. The van der Waals surface area contributed by atoms with Crippen LogP contribution in [-0.2, 0) is 6.18 Å². The minimum atomic E-state index is -4.38. The molecule has 86 valence electrons. The molecule has 1 rings (SSSR count). The molecule has 1 atom stereocenters. The van der Waals surface area contributed by atoms with Gasteiger partial charge in [0.2, 0.25) is 0 Å². The Hall–Kier alpha value is -0.940. The summed E-state index contributed by atoms with van der Waals surface area (Å²) in [7, 11) is 0. The Bertz CT molecular complexity index is 337. The summed E-state index contributed by atoms with van der Waals surface area (Å²) in [5, 5.41) is 0. The topological polar surface area (TPSA) is 52.0 Å². The van der Waals surface area contributed by atoms with Crippen LogP contribution >= 0.6 is 12.4 Å². The van der Waals surface area contributed by atoms with Crippen LogP contribution in [0.5, 0.6) is 0 Å². The molecule has 4 N–H and O–H groups in total. The first-order chi connectivity index (χ1) is 6.30. The number of alkyl halides is 3. The number of halogens is 4. The van der Waals surface area contributed by atoms with E-state index in [9.17, 15) is 13.2 Å². The van der Waals surface area contributed by atoms with Crippen molar-refractivity contribution < 1.29 is 13.2 Å². The van der Waals surface area contributed by atoms with Gasteiger partial charge in [-0.1, -0.05) is 0 Å². The quantitative estimate of drug-likeness (QED) is 0.742. The minimum absolute atomic E-state index is 0. The fourth-order valence-corrected chi connectivity index (χ4v) is 1.10. The number of anilines is 1. The van der Waals surface area contributed by atoms with E-state index in [0.717, 1.165) is 12.1 Å². The zero-order chi connectivity index (χ0) is 10.9.